The second-order valence-electron chi connectivity index (χ2n) is 16.1. The van der Waals surface area contributed by atoms with Crippen LogP contribution in [0, 0.1) is 10.1 Å². The molecule has 10 nitrogen and oxygen atoms in total. The molecule has 0 aliphatic rings. The van der Waals surface area contributed by atoms with Crippen LogP contribution in [-0.4, -0.2) is 64.2 Å². The van der Waals surface area contributed by atoms with E-state index in [2.05, 4.69) is 258 Å². The van der Waals surface area contributed by atoms with E-state index in [-0.39, 0.29) is 87.3 Å². The Morgan fingerprint density at radius 3 is 0.808 bits per heavy atom. The van der Waals surface area contributed by atoms with Gasteiger partial charge in [-0.15, -0.1) is 5.10 Å². The van der Waals surface area contributed by atoms with Gasteiger partial charge in [0.15, 0.2) is 0 Å². The average Bonchev–Trinajstić information content (AvgIpc) is 4.01. The standard InChI is InChI=1S/2C26H24P2.C8H4N5O3.2CH4O.BrH.W/c2*1-5-13-23(14-6-1)27(24-15-7-2-8-16-24)21-22-28(25-17-9-3-10-18-25)26-19-11-4-12-20-26;9-10-8-12-11-7(16-8)5-1-3-6(4-2-5)13(14)15;2*1-2;;/h2*1-20H,21-22H2;1-4H;2*2H,1H3;1H;/q;;-1;;;;+2/p-1. The fraction of sp³-hybridized carbons (Fsp3) is 0.0968. The van der Waals surface area contributed by atoms with Crippen molar-refractivity contribution in [3.05, 3.63) is 283 Å². The number of hydrogen-bond acceptors (Lipinski definition) is 8. The predicted molar refractivity (Wildman–Crippen MR) is 324 cm³/mol. The zero-order valence-corrected chi connectivity index (χ0v) is 51.3. The van der Waals surface area contributed by atoms with Crippen molar-refractivity contribution in [1.82, 2.24) is 10.2 Å². The number of aliphatic hydroxyl groups is 2. The SMILES string of the molecule is CO.CO.[Br-].[N-]=Nc1nnc(-c2ccc([N+](=O)[O-])cc2)o1.[W+2].c1ccc(P(CCP(c2ccccc2)c2ccccc2)c2ccccc2)cc1.c1ccc(P(CCP(c2ccccc2)c2ccccc2)c2ccccc2)cc1. The van der Waals surface area contributed by atoms with E-state index >= 15 is 0 Å². The molecule has 396 valence electrons. The number of non-ortho nitro benzene ring substituents is 1. The minimum atomic E-state index is -0.508. The van der Waals surface area contributed by atoms with Gasteiger partial charge in [0.1, 0.15) is 0 Å². The van der Waals surface area contributed by atoms with Crippen molar-refractivity contribution >= 4 is 85.8 Å². The van der Waals surface area contributed by atoms with E-state index in [4.69, 9.17) is 20.2 Å². The summed E-state index contributed by atoms with van der Waals surface area (Å²) < 4.78 is 4.91. The van der Waals surface area contributed by atoms with E-state index in [1.54, 1.807) is 0 Å². The number of nitro benzene ring substituents is 1. The van der Waals surface area contributed by atoms with Gasteiger partial charge in [0.05, 0.1) is 4.92 Å². The van der Waals surface area contributed by atoms with Crippen LogP contribution < -0.4 is 59.4 Å². The first-order valence-corrected chi connectivity index (χ1v) is 30.5. The van der Waals surface area contributed by atoms with Crippen LogP contribution in [-0.2, 0) is 21.1 Å². The molecule has 0 aliphatic carbocycles. The van der Waals surface area contributed by atoms with Crippen molar-refractivity contribution in [1.29, 1.82) is 0 Å². The van der Waals surface area contributed by atoms with Gasteiger partial charge in [-0.1, -0.05) is 248 Å². The number of aromatic nitrogens is 2. The Kier molecular flexibility index (Phi) is 30.5. The Morgan fingerprint density at radius 1 is 0.410 bits per heavy atom. The van der Waals surface area contributed by atoms with Crippen LogP contribution in [0.1, 0.15) is 0 Å². The van der Waals surface area contributed by atoms with E-state index in [0.29, 0.717) is 5.56 Å². The molecule has 10 aromatic rings. The van der Waals surface area contributed by atoms with Crippen molar-refractivity contribution < 1.29 is 57.6 Å². The third-order valence-electron chi connectivity index (χ3n) is 11.5. The normalized spacial score (nSPS) is 10.2. The summed E-state index contributed by atoms with van der Waals surface area (Å²) in [5.41, 5.74) is 8.83. The van der Waals surface area contributed by atoms with Gasteiger partial charge in [-0.3, -0.25) is 10.1 Å². The fourth-order valence-electron chi connectivity index (χ4n) is 7.99. The Morgan fingerprint density at radius 2 is 0.628 bits per heavy atom. The molecule has 0 aliphatic heterocycles. The summed E-state index contributed by atoms with van der Waals surface area (Å²) in [4.78, 5) is 9.90. The number of aliphatic hydroxyl groups excluding tert-OH is 2. The summed E-state index contributed by atoms with van der Waals surface area (Å²) in [5.74, 6) is 0.127. The maximum absolute atomic E-state index is 10.4. The monoisotopic (exact) mass is 1340 g/mol. The van der Waals surface area contributed by atoms with Crippen LogP contribution in [0.4, 0.5) is 11.7 Å². The first-order chi connectivity index (χ1) is 37.5. The predicted octanol–water partition coefficient (Wildman–Crippen LogP) is 9.02. The molecule has 10 rings (SSSR count). The molecule has 0 saturated heterocycles. The molecule has 16 heteroatoms. The Bertz CT molecular complexity index is 2670. The zero-order chi connectivity index (χ0) is 53.6. The molecule has 0 fully saturated rings. The van der Waals surface area contributed by atoms with Gasteiger partial charge >= 0.3 is 27.1 Å². The fourth-order valence-corrected chi connectivity index (χ4v) is 18.7. The summed E-state index contributed by atoms with van der Waals surface area (Å²) in [5, 5.41) is 45.9. The van der Waals surface area contributed by atoms with E-state index < -0.39 is 4.92 Å². The molecule has 0 bridgehead atoms. The van der Waals surface area contributed by atoms with Crippen molar-refractivity contribution in [2.45, 2.75) is 0 Å². The molecular weight excluding hydrogens is 1280 g/mol. The van der Waals surface area contributed by atoms with Crippen LogP contribution in [0.3, 0.4) is 0 Å². The first-order valence-electron chi connectivity index (χ1n) is 24.4. The Labute approximate surface area is 488 Å². The summed E-state index contributed by atoms with van der Waals surface area (Å²) >= 11 is 0. The van der Waals surface area contributed by atoms with Gasteiger partial charge in [-0.25, -0.2) is 0 Å². The molecule has 0 atom stereocenters. The second kappa shape index (κ2) is 36.9. The molecule has 1 aromatic heterocycles. The minimum absolute atomic E-state index is 0. The zero-order valence-electron chi connectivity index (χ0n) is 43.2. The largest absolute Gasteiger partial charge is 2.00 e. The topological polar surface area (TPSA) is 157 Å². The quantitative estimate of drug-likeness (QED) is 0.0399. The average molecular weight is 1340 g/mol. The van der Waals surface area contributed by atoms with E-state index in [9.17, 15) is 10.1 Å². The third-order valence-corrected chi connectivity index (χ3v) is 22.2. The van der Waals surface area contributed by atoms with Crippen molar-refractivity contribution in [3.8, 4) is 11.5 Å². The number of nitro groups is 1. The van der Waals surface area contributed by atoms with Gasteiger partial charge < -0.3 is 42.3 Å². The summed E-state index contributed by atoms with van der Waals surface area (Å²) in [7, 11) is 0.608. The molecule has 78 heavy (non-hydrogen) atoms. The van der Waals surface area contributed by atoms with Crippen molar-refractivity contribution in [2.75, 3.05) is 38.9 Å². The number of rotatable bonds is 17. The summed E-state index contributed by atoms with van der Waals surface area (Å²) in [6.07, 6.45) is 4.83. The molecule has 0 unspecified atom stereocenters. The molecule has 0 saturated carbocycles. The van der Waals surface area contributed by atoms with Gasteiger partial charge in [-0.05, 0) is 111 Å². The van der Waals surface area contributed by atoms with Gasteiger partial charge in [0.2, 0.25) is 5.89 Å². The molecule has 9 aromatic carbocycles. The van der Waals surface area contributed by atoms with E-state index in [1.165, 1.54) is 91.3 Å². The molecule has 0 radical (unpaired) electrons. The Hall–Kier alpha value is -6.07. The van der Waals surface area contributed by atoms with Gasteiger partial charge in [0.25, 0.3) is 5.69 Å². The van der Waals surface area contributed by atoms with E-state index in [0.717, 1.165) is 14.2 Å². The number of halogens is 1. The molecule has 2 N–H and O–H groups in total. The molecule has 1 heterocycles. The summed E-state index contributed by atoms with van der Waals surface area (Å²) in [6.45, 7) is 0. The minimum Gasteiger partial charge on any atom is -1.00 e. The van der Waals surface area contributed by atoms with Gasteiger partial charge in [0, 0.05) is 31.9 Å². The number of benzene rings is 9. The van der Waals surface area contributed by atoms with Crippen LogP contribution in [0.2, 0.25) is 0 Å². The Balaban J connectivity index is 0.000000250. The van der Waals surface area contributed by atoms with Gasteiger partial charge in [-0.2, -0.15) is 0 Å². The molecular formula is C62H60BrN5O5P4W. The third kappa shape index (κ3) is 20.0. The molecule has 0 spiro atoms. The second-order valence-corrected chi connectivity index (χ2v) is 25.4. The number of hydrogen-bond donors (Lipinski definition) is 2. The van der Waals surface area contributed by atoms with Crippen LogP contribution in [0.5, 0.6) is 0 Å². The van der Waals surface area contributed by atoms with E-state index in [1.807, 2.05) is 0 Å². The van der Waals surface area contributed by atoms with Crippen molar-refractivity contribution in [2.24, 2.45) is 5.11 Å². The maximum Gasteiger partial charge on any atom is 2.00 e. The summed E-state index contributed by atoms with van der Waals surface area (Å²) in [6, 6.07) is 93.7. The number of nitrogens with zero attached hydrogens (tertiary/aromatic N) is 5. The van der Waals surface area contributed by atoms with Crippen LogP contribution >= 0.6 is 31.7 Å². The van der Waals surface area contributed by atoms with Crippen LogP contribution in [0.15, 0.2) is 276 Å². The first kappa shape index (κ1) is 64.5. The molecule has 0 amide bonds. The smallest absolute Gasteiger partial charge is 1.00 e. The van der Waals surface area contributed by atoms with Crippen molar-refractivity contribution in [3.63, 3.8) is 0 Å². The maximum atomic E-state index is 10.4. The van der Waals surface area contributed by atoms with Crippen LogP contribution in [0.25, 0.3) is 17.0 Å².